The van der Waals surface area contributed by atoms with Gasteiger partial charge in [0.15, 0.2) is 11.5 Å². The third-order valence-electron chi connectivity index (χ3n) is 3.61. The number of urea groups is 1. The first-order valence-electron chi connectivity index (χ1n) is 7.39. The highest BCUT2D eigenvalue weighted by atomic mass is 16.5. The number of ether oxygens (including phenoxy) is 1. The van der Waals surface area contributed by atoms with Crippen molar-refractivity contribution in [1.82, 2.24) is 5.32 Å². The molecule has 2 aromatic carbocycles. The lowest BCUT2D eigenvalue weighted by atomic mass is 10.1. The summed E-state index contributed by atoms with van der Waals surface area (Å²) in [6.45, 7) is 6.31. The number of benzene rings is 2. The zero-order chi connectivity index (χ0) is 17.0. The van der Waals surface area contributed by atoms with Crippen LogP contribution in [0.4, 0.5) is 10.5 Å². The second-order valence-electron chi connectivity index (χ2n) is 5.59. The van der Waals surface area contributed by atoms with Gasteiger partial charge in [0.25, 0.3) is 0 Å². The van der Waals surface area contributed by atoms with E-state index >= 15 is 0 Å². The average molecular weight is 314 g/mol. The molecule has 0 atom stereocenters. The second-order valence-corrected chi connectivity index (χ2v) is 5.59. The highest BCUT2D eigenvalue weighted by Gasteiger charge is 2.09. The van der Waals surface area contributed by atoms with Crippen LogP contribution in [0.2, 0.25) is 0 Å². The number of phenolic OH excluding ortho intramolecular Hbond substituents is 1. The molecule has 0 spiro atoms. The molecule has 5 heteroatoms. The van der Waals surface area contributed by atoms with E-state index in [1.54, 1.807) is 18.2 Å². The minimum Gasteiger partial charge on any atom is -0.504 e. The first kappa shape index (κ1) is 16.7. The average Bonchev–Trinajstić information content (AvgIpc) is 2.50. The molecule has 0 aliphatic rings. The molecule has 0 aliphatic carbocycles. The lowest BCUT2D eigenvalue weighted by molar-refractivity contribution is 0.251. The third kappa shape index (κ3) is 4.16. The van der Waals surface area contributed by atoms with Crippen molar-refractivity contribution in [3.8, 4) is 11.5 Å². The molecule has 0 heterocycles. The van der Waals surface area contributed by atoms with Crippen molar-refractivity contribution in [2.45, 2.75) is 27.3 Å². The maximum absolute atomic E-state index is 12.1. The van der Waals surface area contributed by atoms with E-state index in [2.05, 4.69) is 10.6 Å². The van der Waals surface area contributed by atoms with Crippen LogP contribution >= 0.6 is 0 Å². The predicted octanol–water partition coefficient (Wildman–Crippen LogP) is 3.65. The number of anilines is 1. The number of aromatic hydroxyl groups is 1. The number of methoxy groups -OCH3 is 1. The molecule has 0 aliphatic heterocycles. The van der Waals surface area contributed by atoms with Crippen LogP contribution in [0.25, 0.3) is 0 Å². The Morgan fingerprint density at radius 1 is 1.13 bits per heavy atom. The van der Waals surface area contributed by atoms with E-state index in [0.717, 1.165) is 22.4 Å². The molecule has 0 aromatic heterocycles. The molecule has 0 bridgehead atoms. The topological polar surface area (TPSA) is 70.6 Å². The van der Waals surface area contributed by atoms with Gasteiger partial charge in [-0.15, -0.1) is 0 Å². The van der Waals surface area contributed by atoms with Crippen molar-refractivity contribution in [3.63, 3.8) is 0 Å². The summed E-state index contributed by atoms with van der Waals surface area (Å²) in [5.41, 5.74) is 4.90. The van der Waals surface area contributed by atoms with Crippen molar-refractivity contribution in [2.75, 3.05) is 12.4 Å². The number of nitrogens with one attached hydrogen (secondary N) is 2. The summed E-state index contributed by atoms with van der Waals surface area (Å²) in [4.78, 5) is 12.1. The summed E-state index contributed by atoms with van der Waals surface area (Å²) in [5.74, 6) is 0.460. The van der Waals surface area contributed by atoms with E-state index < -0.39 is 0 Å². The summed E-state index contributed by atoms with van der Waals surface area (Å²) in [6.07, 6.45) is 0. The number of hydrogen-bond acceptors (Lipinski definition) is 3. The van der Waals surface area contributed by atoms with Crippen molar-refractivity contribution in [2.24, 2.45) is 0 Å². The monoisotopic (exact) mass is 314 g/mol. The van der Waals surface area contributed by atoms with Crippen LogP contribution in [0.1, 0.15) is 22.3 Å². The van der Waals surface area contributed by atoms with Gasteiger partial charge in [0.2, 0.25) is 0 Å². The summed E-state index contributed by atoms with van der Waals surface area (Å²) in [7, 11) is 1.49. The van der Waals surface area contributed by atoms with Crippen LogP contribution in [-0.4, -0.2) is 18.2 Å². The SMILES string of the molecule is COc1cc(CNC(=O)Nc2c(C)cc(C)cc2C)ccc1O. The molecule has 5 nitrogen and oxygen atoms in total. The molecule has 2 amide bonds. The van der Waals surface area contributed by atoms with Gasteiger partial charge in [0.05, 0.1) is 7.11 Å². The molecule has 23 heavy (non-hydrogen) atoms. The minimum absolute atomic E-state index is 0.0756. The fourth-order valence-corrected chi connectivity index (χ4v) is 2.55. The molecular formula is C18H22N2O3. The molecule has 2 aromatic rings. The summed E-state index contributed by atoms with van der Waals surface area (Å²) in [5, 5.41) is 15.3. The number of amides is 2. The van der Waals surface area contributed by atoms with Gasteiger partial charge in [0, 0.05) is 12.2 Å². The van der Waals surface area contributed by atoms with Crippen molar-refractivity contribution in [3.05, 3.63) is 52.6 Å². The zero-order valence-corrected chi connectivity index (χ0v) is 13.9. The largest absolute Gasteiger partial charge is 0.504 e. The van der Waals surface area contributed by atoms with Gasteiger partial charge in [-0.1, -0.05) is 23.8 Å². The van der Waals surface area contributed by atoms with Crippen molar-refractivity contribution >= 4 is 11.7 Å². The van der Waals surface area contributed by atoms with Gasteiger partial charge in [-0.25, -0.2) is 4.79 Å². The lowest BCUT2D eigenvalue weighted by Crippen LogP contribution is -2.28. The Bertz CT molecular complexity index is 703. The van der Waals surface area contributed by atoms with E-state index in [0.29, 0.717) is 12.3 Å². The van der Waals surface area contributed by atoms with Gasteiger partial charge < -0.3 is 20.5 Å². The number of aryl methyl sites for hydroxylation is 3. The lowest BCUT2D eigenvalue weighted by Gasteiger charge is -2.14. The van der Waals surface area contributed by atoms with Crippen molar-refractivity contribution < 1.29 is 14.6 Å². The minimum atomic E-state index is -0.271. The Morgan fingerprint density at radius 2 is 1.78 bits per heavy atom. The van der Waals surface area contributed by atoms with E-state index in [1.807, 2.05) is 32.9 Å². The first-order valence-corrected chi connectivity index (χ1v) is 7.39. The quantitative estimate of drug-likeness (QED) is 0.807. The molecule has 0 saturated heterocycles. The summed E-state index contributed by atoms with van der Waals surface area (Å²) in [6, 6.07) is 8.77. The smallest absolute Gasteiger partial charge is 0.319 e. The van der Waals surface area contributed by atoms with Gasteiger partial charge in [-0.2, -0.15) is 0 Å². The number of phenols is 1. The summed E-state index contributed by atoms with van der Waals surface area (Å²) < 4.78 is 5.05. The Balaban J connectivity index is 2.01. The number of carbonyl (C=O) groups is 1. The number of hydrogen-bond donors (Lipinski definition) is 3. The van der Waals surface area contributed by atoms with Crippen LogP contribution in [0, 0.1) is 20.8 Å². The zero-order valence-electron chi connectivity index (χ0n) is 13.9. The normalized spacial score (nSPS) is 10.3. The molecule has 3 N–H and O–H groups in total. The van der Waals surface area contributed by atoms with Gasteiger partial charge in [0.1, 0.15) is 0 Å². The van der Waals surface area contributed by atoms with Gasteiger partial charge in [-0.3, -0.25) is 0 Å². The molecule has 0 fully saturated rings. The second kappa shape index (κ2) is 7.05. The van der Waals surface area contributed by atoms with Crippen LogP contribution in [0.3, 0.4) is 0 Å². The Hall–Kier alpha value is -2.69. The van der Waals surface area contributed by atoms with E-state index in [4.69, 9.17) is 4.74 Å². The first-order chi connectivity index (χ1) is 10.9. The number of rotatable bonds is 4. The van der Waals surface area contributed by atoms with E-state index in [9.17, 15) is 9.90 Å². The third-order valence-corrected chi connectivity index (χ3v) is 3.61. The highest BCUT2D eigenvalue weighted by molar-refractivity contribution is 5.91. The highest BCUT2D eigenvalue weighted by Crippen LogP contribution is 2.26. The Labute approximate surface area is 136 Å². The fourth-order valence-electron chi connectivity index (χ4n) is 2.55. The van der Waals surface area contributed by atoms with E-state index in [1.165, 1.54) is 12.7 Å². The van der Waals surface area contributed by atoms with Gasteiger partial charge in [-0.05, 0) is 49.6 Å². The molecule has 0 radical (unpaired) electrons. The molecule has 0 unspecified atom stereocenters. The summed E-state index contributed by atoms with van der Waals surface area (Å²) >= 11 is 0. The predicted molar refractivity (Wildman–Crippen MR) is 91.2 cm³/mol. The van der Waals surface area contributed by atoms with E-state index in [-0.39, 0.29) is 11.8 Å². The van der Waals surface area contributed by atoms with Crippen LogP contribution in [0.5, 0.6) is 11.5 Å². The Kier molecular flexibility index (Phi) is 5.11. The maximum atomic E-state index is 12.1. The van der Waals surface area contributed by atoms with Crippen LogP contribution in [0.15, 0.2) is 30.3 Å². The molecule has 0 saturated carbocycles. The Morgan fingerprint density at radius 3 is 2.39 bits per heavy atom. The molecular weight excluding hydrogens is 292 g/mol. The maximum Gasteiger partial charge on any atom is 0.319 e. The fraction of sp³-hybridized carbons (Fsp3) is 0.278. The van der Waals surface area contributed by atoms with Crippen molar-refractivity contribution in [1.29, 1.82) is 0 Å². The molecule has 122 valence electrons. The molecule has 2 rings (SSSR count). The standard InChI is InChI=1S/C18H22N2O3/c1-11-7-12(2)17(13(3)8-11)20-18(22)19-10-14-5-6-15(21)16(9-14)23-4/h5-9,21H,10H2,1-4H3,(H2,19,20,22). The van der Waals surface area contributed by atoms with Gasteiger partial charge >= 0.3 is 6.03 Å². The number of carbonyl (C=O) groups excluding carboxylic acids is 1. The van der Waals surface area contributed by atoms with Crippen LogP contribution in [-0.2, 0) is 6.54 Å². The van der Waals surface area contributed by atoms with Crippen LogP contribution < -0.4 is 15.4 Å².